The number of piperidine rings is 1. The quantitative estimate of drug-likeness (QED) is 0.720. The summed E-state index contributed by atoms with van der Waals surface area (Å²) in [6.07, 6.45) is 12.1. The van der Waals surface area contributed by atoms with Gasteiger partial charge in [-0.05, 0) is 32.1 Å². The van der Waals surface area contributed by atoms with E-state index in [2.05, 4.69) is 35.9 Å². The molecule has 134 valence electrons. The zero-order chi connectivity index (χ0) is 17.9. The molecule has 0 radical (unpaired) electrons. The molecule has 7 heteroatoms. The minimum absolute atomic E-state index is 0.530. The van der Waals surface area contributed by atoms with Crippen LogP contribution < -0.4 is 4.90 Å². The molecule has 0 saturated carbocycles. The van der Waals surface area contributed by atoms with Crippen molar-refractivity contribution >= 4 is 5.82 Å². The van der Waals surface area contributed by atoms with Crippen molar-refractivity contribution in [2.75, 3.05) is 18.0 Å². The number of hydrogen-bond acceptors (Lipinski definition) is 6. The van der Waals surface area contributed by atoms with E-state index < -0.39 is 0 Å². The van der Waals surface area contributed by atoms with E-state index in [1.54, 1.807) is 25.0 Å². The van der Waals surface area contributed by atoms with Crippen LogP contribution in [-0.4, -0.2) is 42.6 Å². The van der Waals surface area contributed by atoms with Gasteiger partial charge in [-0.15, -0.1) is 0 Å². The fraction of sp³-hybridized carbons (Fsp3) is 0.421. The van der Waals surface area contributed by atoms with Crippen molar-refractivity contribution in [1.82, 2.24) is 29.5 Å². The van der Waals surface area contributed by atoms with Crippen molar-refractivity contribution in [1.29, 1.82) is 0 Å². The van der Waals surface area contributed by atoms with Crippen LogP contribution in [0.1, 0.15) is 24.2 Å². The minimum Gasteiger partial charge on any atom is -0.356 e. The molecule has 0 aliphatic carbocycles. The van der Waals surface area contributed by atoms with Crippen molar-refractivity contribution in [3.63, 3.8) is 0 Å². The Morgan fingerprint density at radius 1 is 1.15 bits per heavy atom. The van der Waals surface area contributed by atoms with Gasteiger partial charge in [-0.2, -0.15) is 0 Å². The Morgan fingerprint density at radius 3 is 2.85 bits per heavy atom. The molecule has 1 saturated heterocycles. The molecule has 0 amide bonds. The second-order valence-electron chi connectivity index (χ2n) is 6.92. The Hall–Kier alpha value is -2.83. The molecule has 3 aromatic rings. The van der Waals surface area contributed by atoms with E-state index in [0.717, 1.165) is 54.5 Å². The van der Waals surface area contributed by atoms with Crippen LogP contribution in [0.4, 0.5) is 5.82 Å². The van der Waals surface area contributed by atoms with Gasteiger partial charge < -0.3 is 9.47 Å². The summed E-state index contributed by atoms with van der Waals surface area (Å²) in [6.45, 7) is 4.03. The lowest BCUT2D eigenvalue weighted by Gasteiger charge is -2.33. The van der Waals surface area contributed by atoms with E-state index in [4.69, 9.17) is 0 Å². The number of rotatable bonds is 4. The normalized spacial score (nSPS) is 17.5. The van der Waals surface area contributed by atoms with Gasteiger partial charge in [-0.25, -0.2) is 15.0 Å². The number of nitrogens with zero attached hydrogens (tertiary/aromatic N) is 7. The van der Waals surface area contributed by atoms with Crippen LogP contribution >= 0.6 is 0 Å². The van der Waals surface area contributed by atoms with Gasteiger partial charge in [0.2, 0.25) is 0 Å². The van der Waals surface area contributed by atoms with E-state index in [-0.39, 0.29) is 0 Å². The Balaban J connectivity index is 1.54. The Morgan fingerprint density at radius 2 is 2.04 bits per heavy atom. The standard InChI is InChI=1S/C19H23N7/c1-14-8-18(24-12-23-14)26-7-3-4-15(11-26)9-16-19(22-6-5-21-16)17-10-20-13-25(17)2/h5-6,8,10,12-13,15H,3-4,7,9,11H2,1-2H3/t15-/m1/s1. The van der Waals surface area contributed by atoms with Gasteiger partial charge in [0.05, 0.1) is 23.9 Å². The molecule has 0 spiro atoms. The average molecular weight is 349 g/mol. The van der Waals surface area contributed by atoms with Gasteiger partial charge >= 0.3 is 0 Å². The van der Waals surface area contributed by atoms with E-state index in [0.29, 0.717) is 5.92 Å². The first-order chi connectivity index (χ1) is 12.7. The van der Waals surface area contributed by atoms with Crippen LogP contribution in [0.3, 0.4) is 0 Å². The van der Waals surface area contributed by atoms with Gasteiger partial charge in [-0.3, -0.25) is 9.97 Å². The molecule has 3 aromatic heterocycles. The molecular formula is C19H23N7. The van der Waals surface area contributed by atoms with E-state index >= 15 is 0 Å². The average Bonchev–Trinajstić information content (AvgIpc) is 3.08. The predicted octanol–water partition coefficient (Wildman–Crippen LogP) is 2.43. The SMILES string of the molecule is Cc1cc(N2CCC[C@H](Cc3nccnc3-c3cncn3C)C2)ncn1. The molecule has 0 N–H and O–H groups in total. The smallest absolute Gasteiger partial charge is 0.132 e. The predicted molar refractivity (Wildman–Crippen MR) is 99.6 cm³/mol. The van der Waals surface area contributed by atoms with Gasteiger partial charge in [0, 0.05) is 44.3 Å². The Bertz CT molecular complexity index is 889. The third kappa shape index (κ3) is 3.42. The van der Waals surface area contributed by atoms with Crippen LogP contribution in [0.5, 0.6) is 0 Å². The molecule has 7 nitrogen and oxygen atoms in total. The van der Waals surface area contributed by atoms with Gasteiger partial charge in [0.15, 0.2) is 0 Å². The van der Waals surface area contributed by atoms with Crippen molar-refractivity contribution in [2.24, 2.45) is 13.0 Å². The van der Waals surface area contributed by atoms with Crippen molar-refractivity contribution in [3.8, 4) is 11.4 Å². The third-order valence-corrected chi connectivity index (χ3v) is 4.95. The lowest BCUT2D eigenvalue weighted by atomic mass is 9.92. The molecule has 4 rings (SSSR count). The van der Waals surface area contributed by atoms with Crippen LogP contribution in [0.25, 0.3) is 11.4 Å². The number of imidazole rings is 1. The summed E-state index contributed by atoms with van der Waals surface area (Å²) >= 11 is 0. The lowest BCUT2D eigenvalue weighted by Crippen LogP contribution is -2.37. The van der Waals surface area contributed by atoms with E-state index in [1.165, 1.54) is 6.42 Å². The summed E-state index contributed by atoms with van der Waals surface area (Å²) in [4.78, 5) is 24.5. The molecule has 0 bridgehead atoms. The van der Waals surface area contributed by atoms with Crippen LogP contribution in [0, 0.1) is 12.8 Å². The number of aryl methyl sites for hydroxylation is 2. The van der Waals surface area contributed by atoms with Crippen LogP contribution in [-0.2, 0) is 13.5 Å². The molecule has 1 aliphatic heterocycles. The fourth-order valence-corrected chi connectivity index (χ4v) is 3.64. The largest absolute Gasteiger partial charge is 0.356 e. The number of hydrogen-bond donors (Lipinski definition) is 0. The molecule has 1 atom stereocenters. The molecule has 1 fully saturated rings. The van der Waals surface area contributed by atoms with E-state index in [9.17, 15) is 0 Å². The number of anilines is 1. The topological polar surface area (TPSA) is 72.6 Å². The molecule has 0 unspecified atom stereocenters. The summed E-state index contributed by atoms with van der Waals surface area (Å²) in [7, 11) is 1.99. The van der Waals surface area contributed by atoms with Crippen molar-refractivity contribution in [3.05, 3.63) is 48.7 Å². The van der Waals surface area contributed by atoms with Crippen molar-refractivity contribution in [2.45, 2.75) is 26.2 Å². The highest BCUT2D eigenvalue weighted by Gasteiger charge is 2.23. The monoisotopic (exact) mass is 349 g/mol. The summed E-state index contributed by atoms with van der Waals surface area (Å²) < 4.78 is 1.99. The summed E-state index contributed by atoms with van der Waals surface area (Å²) in [5.74, 6) is 1.55. The van der Waals surface area contributed by atoms with Crippen molar-refractivity contribution < 1.29 is 0 Å². The lowest BCUT2D eigenvalue weighted by molar-refractivity contribution is 0.408. The second kappa shape index (κ2) is 7.19. The first kappa shape index (κ1) is 16.6. The Labute approximate surface area is 153 Å². The Kier molecular flexibility index (Phi) is 4.60. The first-order valence-electron chi connectivity index (χ1n) is 9.01. The molecule has 0 aromatic carbocycles. The molecule has 26 heavy (non-hydrogen) atoms. The fourth-order valence-electron chi connectivity index (χ4n) is 3.64. The van der Waals surface area contributed by atoms with Gasteiger partial charge in [-0.1, -0.05) is 0 Å². The molecule has 1 aliphatic rings. The first-order valence-corrected chi connectivity index (χ1v) is 9.01. The summed E-state index contributed by atoms with van der Waals surface area (Å²) in [5.41, 5.74) is 3.99. The van der Waals surface area contributed by atoms with Gasteiger partial charge in [0.1, 0.15) is 17.8 Å². The maximum atomic E-state index is 4.63. The molecule has 4 heterocycles. The zero-order valence-corrected chi connectivity index (χ0v) is 15.2. The minimum atomic E-state index is 0.530. The second-order valence-corrected chi connectivity index (χ2v) is 6.92. The van der Waals surface area contributed by atoms with Crippen LogP contribution in [0.2, 0.25) is 0 Å². The number of aromatic nitrogens is 6. The zero-order valence-electron chi connectivity index (χ0n) is 15.2. The maximum Gasteiger partial charge on any atom is 0.132 e. The highest BCUT2D eigenvalue weighted by atomic mass is 15.2. The third-order valence-electron chi connectivity index (χ3n) is 4.95. The molecular weight excluding hydrogens is 326 g/mol. The van der Waals surface area contributed by atoms with E-state index in [1.807, 2.05) is 24.7 Å². The van der Waals surface area contributed by atoms with Crippen LogP contribution in [0.15, 0.2) is 37.3 Å². The highest BCUT2D eigenvalue weighted by Crippen LogP contribution is 2.27. The highest BCUT2D eigenvalue weighted by molar-refractivity contribution is 5.56. The summed E-state index contributed by atoms with van der Waals surface area (Å²) in [6, 6.07) is 2.06. The maximum absolute atomic E-state index is 4.63. The van der Waals surface area contributed by atoms with Gasteiger partial charge in [0.25, 0.3) is 0 Å². The summed E-state index contributed by atoms with van der Waals surface area (Å²) in [5, 5.41) is 0.